The summed E-state index contributed by atoms with van der Waals surface area (Å²) >= 11 is 0. The summed E-state index contributed by atoms with van der Waals surface area (Å²) in [7, 11) is -9.91. The summed E-state index contributed by atoms with van der Waals surface area (Å²) in [5.74, 6) is -1.31. The van der Waals surface area contributed by atoms with Crippen molar-refractivity contribution in [1.29, 1.82) is 0 Å². The minimum Gasteiger partial charge on any atom is -0.462 e. The number of ether oxygens (including phenoxy) is 4. The molecule has 3 N–H and O–H groups in total. The van der Waals surface area contributed by atoms with E-state index in [0.29, 0.717) is 25.7 Å². The van der Waals surface area contributed by atoms with Crippen LogP contribution in [0.2, 0.25) is 0 Å². The number of aliphatic hydroxyl groups excluding tert-OH is 1. The zero-order valence-electron chi connectivity index (χ0n) is 62.5. The van der Waals surface area contributed by atoms with E-state index in [0.717, 1.165) is 109 Å². The van der Waals surface area contributed by atoms with Crippen molar-refractivity contribution >= 4 is 39.5 Å². The van der Waals surface area contributed by atoms with Crippen LogP contribution in [0.5, 0.6) is 0 Å². The molecule has 0 heterocycles. The second-order valence-corrected chi connectivity index (χ2v) is 30.9. The molecule has 0 amide bonds. The molecule has 0 bridgehead atoms. The Kier molecular flexibility index (Phi) is 68.7. The van der Waals surface area contributed by atoms with Gasteiger partial charge in [-0.05, 0) is 31.6 Å². The van der Waals surface area contributed by atoms with Crippen LogP contribution in [0.3, 0.4) is 0 Å². The zero-order chi connectivity index (χ0) is 70.5. The monoisotopic (exact) mass is 1410 g/mol. The van der Waals surface area contributed by atoms with Crippen LogP contribution in [0.25, 0.3) is 0 Å². The van der Waals surface area contributed by atoms with Crippen molar-refractivity contribution in [1.82, 2.24) is 0 Å². The first-order valence-electron chi connectivity index (χ1n) is 40.2. The van der Waals surface area contributed by atoms with Gasteiger partial charge in [-0.1, -0.05) is 356 Å². The average molecular weight is 1410 g/mol. The molecule has 0 aromatic heterocycles. The van der Waals surface area contributed by atoms with E-state index < -0.39 is 97.5 Å². The van der Waals surface area contributed by atoms with Crippen molar-refractivity contribution in [2.24, 2.45) is 5.92 Å². The van der Waals surface area contributed by atoms with Crippen LogP contribution in [-0.2, 0) is 65.4 Å². The van der Waals surface area contributed by atoms with Gasteiger partial charge in [0.25, 0.3) is 0 Å². The Bertz CT molecular complexity index is 1840. The molecule has 6 atom stereocenters. The van der Waals surface area contributed by atoms with Gasteiger partial charge in [-0.25, -0.2) is 9.13 Å². The predicted octanol–water partition coefficient (Wildman–Crippen LogP) is 22.9. The molecule has 0 radical (unpaired) electrons. The quantitative estimate of drug-likeness (QED) is 0.0222. The Morgan fingerprint density at radius 3 is 0.740 bits per heavy atom. The number of unbranched alkanes of at least 4 members (excludes halogenated alkanes) is 48. The fraction of sp³-hybridized carbons (Fsp3) is 0.948. The van der Waals surface area contributed by atoms with E-state index >= 15 is 0 Å². The fourth-order valence-corrected chi connectivity index (χ4v) is 13.4. The SMILES string of the molecule is CCCCCCCCCCCCCCCCCCCCCC(=O)O[C@H](COC(=O)CCCCCCCCCCCCCCCCCC)COP(=O)(O)OC[C@@H](O)COP(=O)(O)OC[C@@H](COC(=O)CCCCCCCCC)OC(=O)CCCCCCCCCCCCC(C)CC. The first-order valence-corrected chi connectivity index (χ1v) is 43.2. The van der Waals surface area contributed by atoms with Gasteiger partial charge in [0, 0.05) is 25.7 Å². The van der Waals surface area contributed by atoms with E-state index in [4.69, 9.17) is 37.0 Å². The first-order chi connectivity index (χ1) is 46.6. The van der Waals surface area contributed by atoms with Gasteiger partial charge >= 0.3 is 39.5 Å². The highest BCUT2D eigenvalue weighted by atomic mass is 31.2. The van der Waals surface area contributed by atoms with E-state index in [1.807, 2.05) is 0 Å². The summed E-state index contributed by atoms with van der Waals surface area (Å²) in [6, 6.07) is 0. The molecule has 0 aromatic carbocycles. The molecule has 17 nitrogen and oxygen atoms in total. The molecule has 3 unspecified atom stereocenters. The van der Waals surface area contributed by atoms with Crippen LogP contribution in [-0.4, -0.2) is 96.7 Å². The van der Waals surface area contributed by atoms with E-state index in [1.54, 1.807) is 0 Å². The molecule has 0 saturated heterocycles. The number of hydrogen-bond donors (Lipinski definition) is 3. The van der Waals surface area contributed by atoms with Crippen molar-refractivity contribution in [3.63, 3.8) is 0 Å². The number of carbonyl (C=O) groups excluding carboxylic acids is 4. The molecule has 0 spiro atoms. The summed E-state index contributed by atoms with van der Waals surface area (Å²) in [5, 5.41) is 10.6. The Morgan fingerprint density at radius 1 is 0.292 bits per heavy atom. The number of esters is 4. The molecule has 0 saturated carbocycles. The average Bonchev–Trinajstić information content (AvgIpc) is 1.27. The summed E-state index contributed by atoms with van der Waals surface area (Å²) in [4.78, 5) is 72.7. The van der Waals surface area contributed by atoms with Crippen molar-refractivity contribution in [2.75, 3.05) is 39.6 Å². The van der Waals surface area contributed by atoms with Crippen LogP contribution >= 0.6 is 15.6 Å². The standard InChI is InChI=1S/C77H150O17P2/c1-6-10-13-16-19-21-23-25-27-29-30-31-33-35-37-42-47-52-57-62-76(81)94-73(67-88-75(80)61-56-51-46-41-36-34-32-28-26-24-22-20-17-14-11-7-2)69-92-96(85,86)90-65-71(78)64-89-95(83,84)91-68-72(66-87-74(79)60-55-50-44-18-15-12-8-3)93-77(82)63-58-53-48-43-39-38-40-45-49-54-59-70(5)9-4/h70-73,78H,6-69H2,1-5H3,(H,83,84)(H,85,86)/t70?,71-,72+,73+/m0/s1. The van der Waals surface area contributed by atoms with E-state index in [2.05, 4.69) is 34.6 Å². The Hall–Kier alpha value is -1.94. The lowest BCUT2D eigenvalue weighted by molar-refractivity contribution is -0.161. The number of aliphatic hydroxyl groups is 1. The van der Waals surface area contributed by atoms with Crippen LogP contribution in [0, 0.1) is 5.92 Å². The van der Waals surface area contributed by atoms with E-state index in [9.17, 15) is 43.2 Å². The van der Waals surface area contributed by atoms with Crippen LogP contribution in [0.4, 0.5) is 0 Å². The maximum atomic E-state index is 13.1. The zero-order valence-corrected chi connectivity index (χ0v) is 64.3. The third-order valence-electron chi connectivity index (χ3n) is 18.4. The molecule has 19 heteroatoms. The fourth-order valence-electron chi connectivity index (χ4n) is 11.8. The van der Waals surface area contributed by atoms with E-state index in [1.165, 1.54) is 218 Å². The molecule has 0 rings (SSSR count). The Balaban J connectivity index is 5.19. The smallest absolute Gasteiger partial charge is 0.462 e. The topological polar surface area (TPSA) is 237 Å². The van der Waals surface area contributed by atoms with E-state index in [-0.39, 0.29) is 25.7 Å². The molecule has 96 heavy (non-hydrogen) atoms. The van der Waals surface area contributed by atoms with Gasteiger partial charge in [-0.2, -0.15) is 0 Å². The third-order valence-corrected chi connectivity index (χ3v) is 20.3. The lowest BCUT2D eigenvalue weighted by Crippen LogP contribution is -2.30. The van der Waals surface area contributed by atoms with Gasteiger partial charge in [0.2, 0.25) is 0 Å². The molecule has 0 aliphatic rings. The van der Waals surface area contributed by atoms with Crippen LogP contribution in [0.15, 0.2) is 0 Å². The third kappa shape index (κ3) is 69.2. The van der Waals surface area contributed by atoms with Gasteiger partial charge in [-0.15, -0.1) is 0 Å². The highest BCUT2D eigenvalue weighted by Gasteiger charge is 2.30. The molecular weight excluding hydrogens is 1260 g/mol. The summed E-state index contributed by atoms with van der Waals surface area (Å²) in [6.45, 7) is 7.29. The maximum absolute atomic E-state index is 13.1. The van der Waals surface area contributed by atoms with Gasteiger partial charge in [0.05, 0.1) is 26.4 Å². The highest BCUT2D eigenvalue weighted by molar-refractivity contribution is 7.47. The first kappa shape index (κ1) is 94.1. The largest absolute Gasteiger partial charge is 0.472 e. The maximum Gasteiger partial charge on any atom is 0.472 e. The molecular formula is C77H150O17P2. The summed E-state index contributed by atoms with van der Waals surface area (Å²) in [6.07, 6.45) is 59.7. The van der Waals surface area contributed by atoms with Crippen molar-refractivity contribution in [3.8, 4) is 0 Å². The number of phosphoric acid groups is 2. The minimum absolute atomic E-state index is 0.106. The molecule has 0 aromatic rings. The Labute approximate surface area is 588 Å². The highest BCUT2D eigenvalue weighted by Crippen LogP contribution is 2.45. The summed E-state index contributed by atoms with van der Waals surface area (Å²) in [5.41, 5.74) is 0. The van der Waals surface area contributed by atoms with Crippen molar-refractivity contribution < 1.29 is 80.2 Å². The molecule has 0 aliphatic heterocycles. The van der Waals surface area contributed by atoms with Gasteiger partial charge < -0.3 is 33.8 Å². The predicted molar refractivity (Wildman–Crippen MR) is 391 cm³/mol. The summed E-state index contributed by atoms with van der Waals surface area (Å²) < 4.78 is 68.5. The second kappa shape index (κ2) is 70.1. The number of rotatable bonds is 77. The lowest BCUT2D eigenvalue weighted by atomic mass is 9.99. The van der Waals surface area contributed by atoms with Crippen molar-refractivity contribution in [2.45, 2.75) is 425 Å². The second-order valence-electron chi connectivity index (χ2n) is 28.0. The van der Waals surface area contributed by atoms with Crippen molar-refractivity contribution in [3.05, 3.63) is 0 Å². The molecule has 570 valence electrons. The molecule has 0 fully saturated rings. The molecule has 0 aliphatic carbocycles. The minimum atomic E-state index is -4.96. The number of phosphoric ester groups is 2. The van der Waals surface area contributed by atoms with Crippen LogP contribution < -0.4 is 0 Å². The van der Waals surface area contributed by atoms with Gasteiger partial charge in [0.1, 0.15) is 19.3 Å². The lowest BCUT2D eigenvalue weighted by Gasteiger charge is -2.21. The van der Waals surface area contributed by atoms with Gasteiger partial charge in [-0.3, -0.25) is 37.3 Å². The van der Waals surface area contributed by atoms with Gasteiger partial charge in [0.15, 0.2) is 12.2 Å². The normalized spacial score (nSPS) is 14.2. The Morgan fingerprint density at radius 2 is 0.500 bits per heavy atom. The number of hydrogen-bond acceptors (Lipinski definition) is 15. The number of carbonyl (C=O) groups is 4. The van der Waals surface area contributed by atoms with Crippen LogP contribution in [0.1, 0.15) is 407 Å².